The van der Waals surface area contributed by atoms with Crippen LogP contribution in [-0.4, -0.2) is 43.7 Å². The quantitative estimate of drug-likeness (QED) is 0.648. The minimum absolute atomic E-state index is 0.0155. The van der Waals surface area contributed by atoms with Gasteiger partial charge in [0.15, 0.2) is 0 Å². The summed E-state index contributed by atoms with van der Waals surface area (Å²) in [6, 6.07) is 8.94. The fourth-order valence-electron chi connectivity index (χ4n) is 3.86. The summed E-state index contributed by atoms with van der Waals surface area (Å²) in [5, 5.41) is 15.3. The number of fused-ring (bicyclic) bond motifs is 3. The highest BCUT2D eigenvalue weighted by atomic mass is 19.1. The molecule has 0 bridgehead atoms. The number of primary amides is 1. The third-order valence-corrected chi connectivity index (χ3v) is 5.55. The first-order valence-electron chi connectivity index (χ1n) is 10.4. The Morgan fingerprint density at radius 3 is 2.94 bits per heavy atom. The standard InChI is InChI=1S/C23H23FN4O4/c24-19-9-18-17-3-2-13(22(26)29)6-15(17)12-32-20(18)8-14(19)7-16(10-25)28-23(30)21-11-27-4-1-5-31-21/h2-3,6,8-9,16,21,27H,1,4-5,7,11-12H2,(H2,26,29)(H,28,30)/t16?,21-/m0/s1. The maximum Gasteiger partial charge on any atom is 0.251 e. The van der Waals surface area contributed by atoms with Crippen molar-refractivity contribution >= 4 is 11.8 Å². The Morgan fingerprint density at radius 1 is 1.31 bits per heavy atom. The number of nitrogens with two attached hydrogens (primary N) is 1. The molecule has 1 unspecified atom stereocenters. The van der Waals surface area contributed by atoms with E-state index in [4.69, 9.17) is 15.2 Å². The molecule has 0 aliphatic carbocycles. The topological polar surface area (TPSA) is 126 Å². The van der Waals surface area contributed by atoms with E-state index < -0.39 is 29.8 Å². The predicted molar refractivity (Wildman–Crippen MR) is 113 cm³/mol. The molecule has 0 saturated carbocycles. The summed E-state index contributed by atoms with van der Waals surface area (Å²) in [6.45, 7) is 1.79. The molecular formula is C23H23FN4O4. The maximum atomic E-state index is 14.9. The number of rotatable bonds is 5. The fourth-order valence-corrected chi connectivity index (χ4v) is 3.86. The van der Waals surface area contributed by atoms with E-state index in [-0.39, 0.29) is 18.6 Å². The summed E-state index contributed by atoms with van der Waals surface area (Å²) in [6.07, 6.45) is 0.101. The van der Waals surface area contributed by atoms with Crippen LogP contribution in [0.25, 0.3) is 11.1 Å². The Hall–Kier alpha value is -3.48. The van der Waals surface area contributed by atoms with Crippen molar-refractivity contribution in [1.82, 2.24) is 10.6 Å². The molecule has 2 aliphatic rings. The number of benzene rings is 2. The van der Waals surface area contributed by atoms with E-state index in [9.17, 15) is 19.2 Å². The van der Waals surface area contributed by atoms with Gasteiger partial charge in [0, 0.05) is 30.7 Å². The molecule has 4 N–H and O–H groups in total. The van der Waals surface area contributed by atoms with Crippen molar-refractivity contribution in [3.63, 3.8) is 0 Å². The van der Waals surface area contributed by atoms with Crippen molar-refractivity contribution in [3.8, 4) is 22.9 Å². The molecule has 2 amide bonds. The van der Waals surface area contributed by atoms with E-state index in [0.29, 0.717) is 30.0 Å². The van der Waals surface area contributed by atoms with E-state index in [0.717, 1.165) is 24.1 Å². The molecule has 0 aromatic heterocycles. The number of nitrogens with zero attached hydrogens (tertiary/aromatic N) is 1. The van der Waals surface area contributed by atoms with Gasteiger partial charge in [-0.15, -0.1) is 0 Å². The predicted octanol–water partition coefficient (Wildman–Crippen LogP) is 1.41. The number of nitriles is 1. The third kappa shape index (κ3) is 4.56. The molecule has 8 nitrogen and oxygen atoms in total. The zero-order valence-electron chi connectivity index (χ0n) is 17.3. The van der Waals surface area contributed by atoms with Crippen molar-refractivity contribution in [2.45, 2.75) is 31.6 Å². The second kappa shape index (κ2) is 9.34. The van der Waals surface area contributed by atoms with Gasteiger partial charge in [-0.25, -0.2) is 4.39 Å². The van der Waals surface area contributed by atoms with E-state index in [1.165, 1.54) is 6.07 Å². The molecule has 2 atom stereocenters. The summed E-state index contributed by atoms with van der Waals surface area (Å²) >= 11 is 0. The van der Waals surface area contributed by atoms with Gasteiger partial charge in [-0.3, -0.25) is 9.59 Å². The molecule has 1 fully saturated rings. The van der Waals surface area contributed by atoms with Gasteiger partial charge in [0.2, 0.25) is 5.91 Å². The molecule has 2 heterocycles. The van der Waals surface area contributed by atoms with Crippen LogP contribution < -0.4 is 21.1 Å². The van der Waals surface area contributed by atoms with Crippen LogP contribution in [0.2, 0.25) is 0 Å². The van der Waals surface area contributed by atoms with Crippen LogP contribution in [0.1, 0.15) is 27.9 Å². The van der Waals surface area contributed by atoms with E-state index in [1.807, 2.05) is 6.07 Å². The molecule has 2 aromatic rings. The zero-order valence-corrected chi connectivity index (χ0v) is 17.3. The highest BCUT2D eigenvalue weighted by Crippen LogP contribution is 2.39. The number of amides is 2. The van der Waals surface area contributed by atoms with Gasteiger partial charge in [0.05, 0.1) is 6.07 Å². The van der Waals surface area contributed by atoms with Crippen LogP contribution >= 0.6 is 0 Å². The molecule has 9 heteroatoms. The fraction of sp³-hybridized carbons (Fsp3) is 0.348. The van der Waals surface area contributed by atoms with Gasteiger partial charge in [-0.1, -0.05) is 6.07 Å². The molecule has 1 saturated heterocycles. The van der Waals surface area contributed by atoms with Crippen molar-refractivity contribution in [2.75, 3.05) is 19.7 Å². The Morgan fingerprint density at radius 2 is 2.16 bits per heavy atom. The van der Waals surface area contributed by atoms with Crippen molar-refractivity contribution in [2.24, 2.45) is 5.73 Å². The molecular weight excluding hydrogens is 415 g/mol. The van der Waals surface area contributed by atoms with Crippen LogP contribution in [0.15, 0.2) is 30.3 Å². The smallest absolute Gasteiger partial charge is 0.251 e. The average molecular weight is 438 g/mol. The monoisotopic (exact) mass is 438 g/mol. The van der Waals surface area contributed by atoms with Gasteiger partial charge in [-0.05, 0) is 53.9 Å². The lowest BCUT2D eigenvalue weighted by Gasteiger charge is -2.23. The van der Waals surface area contributed by atoms with Crippen LogP contribution in [0.5, 0.6) is 5.75 Å². The Bertz CT molecular complexity index is 1090. The largest absolute Gasteiger partial charge is 0.488 e. The number of ether oxygens (including phenoxy) is 2. The van der Waals surface area contributed by atoms with E-state index in [2.05, 4.69) is 10.6 Å². The van der Waals surface area contributed by atoms with E-state index >= 15 is 0 Å². The second-order valence-corrected chi connectivity index (χ2v) is 7.78. The minimum atomic E-state index is -0.920. The second-order valence-electron chi connectivity index (χ2n) is 7.78. The number of carbonyl (C=O) groups excluding carboxylic acids is 2. The Kier molecular flexibility index (Phi) is 6.35. The van der Waals surface area contributed by atoms with Crippen molar-refractivity contribution in [1.29, 1.82) is 5.26 Å². The molecule has 2 aromatic carbocycles. The Balaban J connectivity index is 1.52. The molecule has 4 rings (SSSR count). The summed E-state index contributed by atoms with van der Waals surface area (Å²) in [5.41, 5.74) is 7.98. The number of nitrogens with one attached hydrogen (secondary N) is 2. The average Bonchev–Trinajstić information content (AvgIpc) is 3.08. The number of hydrogen-bond acceptors (Lipinski definition) is 6. The van der Waals surface area contributed by atoms with Crippen molar-refractivity contribution in [3.05, 3.63) is 52.8 Å². The molecule has 0 spiro atoms. The first kappa shape index (κ1) is 21.7. The third-order valence-electron chi connectivity index (χ3n) is 5.55. The highest BCUT2D eigenvalue weighted by Gasteiger charge is 2.26. The summed E-state index contributed by atoms with van der Waals surface area (Å²) in [5.74, 6) is -0.990. The van der Waals surface area contributed by atoms with Gasteiger partial charge in [0.1, 0.15) is 30.3 Å². The van der Waals surface area contributed by atoms with Crippen LogP contribution in [-0.2, 0) is 22.6 Å². The van der Waals surface area contributed by atoms with Crippen LogP contribution in [0.4, 0.5) is 4.39 Å². The molecule has 32 heavy (non-hydrogen) atoms. The summed E-state index contributed by atoms with van der Waals surface area (Å²) < 4.78 is 26.2. The Labute approximate surface area is 184 Å². The number of hydrogen-bond donors (Lipinski definition) is 3. The summed E-state index contributed by atoms with van der Waals surface area (Å²) in [7, 11) is 0. The number of carbonyl (C=O) groups is 2. The molecule has 0 radical (unpaired) electrons. The normalized spacial score (nSPS) is 18.2. The zero-order chi connectivity index (χ0) is 22.7. The lowest BCUT2D eigenvalue weighted by atomic mass is 9.93. The molecule has 166 valence electrons. The highest BCUT2D eigenvalue weighted by molar-refractivity contribution is 5.94. The molecule has 2 aliphatic heterocycles. The lowest BCUT2D eigenvalue weighted by molar-refractivity contribution is -0.132. The van der Waals surface area contributed by atoms with Gasteiger partial charge in [0.25, 0.3) is 5.91 Å². The minimum Gasteiger partial charge on any atom is -0.488 e. The number of halogens is 1. The van der Waals surface area contributed by atoms with E-state index in [1.54, 1.807) is 24.3 Å². The van der Waals surface area contributed by atoms with Crippen LogP contribution in [0, 0.1) is 17.1 Å². The van der Waals surface area contributed by atoms with Gasteiger partial charge in [-0.2, -0.15) is 5.26 Å². The first-order chi connectivity index (χ1) is 15.5. The first-order valence-corrected chi connectivity index (χ1v) is 10.4. The van der Waals surface area contributed by atoms with Gasteiger partial charge >= 0.3 is 0 Å². The van der Waals surface area contributed by atoms with Gasteiger partial charge < -0.3 is 25.8 Å². The van der Waals surface area contributed by atoms with Crippen molar-refractivity contribution < 1.29 is 23.5 Å². The maximum absolute atomic E-state index is 14.9. The lowest BCUT2D eigenvalue weighted by Crippen LogP contribution is -2.46. The SMILES string of the molecule is N#CC(Cc1cc2c(cc1F)-c1ccc(C(N)=O)cc1CO2)NC(=O)[C@@H]1CNCCCO1. The van der Waals surface area contributed by atoms with Crippen LogP contribution in [0.3, 0.4) is 0 Å². The summed E-state index contributed by atoms with van der Waals surface area (Å²) in [4.78, 5) is 23.9.